The number of fused-ring (bicyclic) bond motifs is 1. The van der Waals surface area contributed by atoms with Gasteiger partial charge in [-0.2, -0.15) is 0 Å². The van der Waals surface area contributed by atoms with Crippen molar-refractivity contribution >= 4 is 5.97 Å². The van der Waals surface area contributed by atoms with Crippen molar-refractivity contribution in [3.8, 4) is 0 Å². The Balaban J connectivity index is 1.56. The highest BCUT2D eigenvalue weighted by atomic mass is 17.0. The molecule has 1 N–H and O–H groups in total. The van der Waals surface area contributed by atoms with E-state index in [1.165, 1.54) is 0 Å². The Labute approximate surface area is 176 Å². The highest BCUT2D eigenvalue weighted by molar-refractivity contribution is 5.70. The quantitative estimate of drug-likeness (QED) is 0.323. The molecule has 31 heavy (non-hydrogen) atoms. The van der Waals surface area contributed by atoms with Crippen molar-refractivity contribution in [1.29, 1.82) is 0 Å². The molecule has 0 aliphatic carbocycles. The lowest BCUT2D eigenvalue weighted by Crippen LogP contribution is -2.38. The summed E-state index contributed by atoms with van der Waals surface area (Å²) in [6, 6.07) is 0. The fourth-order valence-corrected chi connectivity index (χ4v) is 4.29. The summed E-state index contributed by atoms with van der Waals surface area (Å²) in [5, 5.41) is 28.5. The van der Waals surface area contributed by atoms with E-state index in [1.54, 1.807) is 0 Å². The molecule has 0 bridgehead atoms. The number of carbonyl (C=O) groups is 1. The first kappa shape index (κ1) is 23.4. The Morgan fingerprint density at radius 1 is 1.06 bits per heavy atom. The number of carboxylic acid groups (broad SMARTS) is 1. The molecule has 3 heterocycles. The first-order valence-corrected chi connectivity index (χ1v) is 10.2. The van der Waals surface area contributed by atoms with Crippen molar-refractivity contribution in [1.82, 2.24) is 0 Å². The number of hydrogen-bond acceptors (Lipinski definition) is 11. The summed E-state index contributed by atoms with van der Waals surface area (Å²) >= 11 is 0. The molecule has 176 valence electrons. The molecular weight excluding hydrogens is 424 g/mol. The lowest BCUT2D eigenvalue weighted by molar-refractivity contribution is -0.790. The van der Waals surface area contributed by atoms with E-state index in [0.717, 1.165) is 19.3 Å². The molecule has 0 aromatic carbocycles. The number of carboxylic acids is 1. The van der Waals surface area contributed by atoms with Crippen LogP contribution < -0.4 is 0 Å². The van der Waals surface area contributed by atoms with Gasteiger partial charge in [0.15, 0.2) is 6.29 Å². The molecule has 0 aromatic heterocycles. The molecule has 14 nitrogen and oxygen atoms in total. The van der Waals surface area contributed by atoms with E-state index in [1.807, 2.05) is 0 Å². The highest BCUT2D eigenvalue weighted by Gasteiger charge is 2.52. The van der Waals surface area contributed by atoms with E-state index >= 15 is 0 Å². The van der Waals surface area contributed by atoms with Crippen LogP contribution >= 0.6 is 0 Å². The monoisotopic (exact) mass is 450 g/mol. The van der Waals surface area contributed by atoms with E-state index in [9.17, 15) is 30.1 Å². The molecule has 0 aromatic rings. The molecular formula is C17H26N2O12. The average molecular weight is 450 g/mol. The van der Waals surface area contributed by atoms with Crippen molar-refractivity contribution < 1.29 is 48.7 Å². The summed E-state index contributed by atoms with van der Waals surface area (Å²) in [5.74, 6) is -2.57. The van der Waals surface area contributed by atoms with E-state index in [0.29, 0.717) is 6.61 Å². The maximum absolute atomic E-state index is 11.9. The average Bonchev–Trinajstić information content (AvgIpc) is 3.30. The summed E-state index contributed by atoms with van der Waals surface area (Å²) in [7, 11) is 0. The number of hydrogen-bond donors (Lipinski definition) is 1. The van der Waals surface area contributed by atoms with Crippen molar-refractivity contribution in [2.75, 3.05) is 26.4 Å². The second-order valence-corrected chi connectivity index (χ2v) is 7.72. The number of nitrogens with zero attached hydrogens (tertiary/aromatic N) is 2. The molecule has 3 aliphatic rings. The largest absolute Gasteiger partial charge is 0.481 e. The second kappa shape index (κ2) is 10.8. The van der Waals surface area contributed by atoms with Crippen LogP contribution in [0.4, 0.5) is 0 Å². The normalized spacial score (nSPS) is 32.1. The number of ether oxygens (including phenoxy) is 4. The summed E-state index contributed by atoms with van der Waals surface area (Å²) in [6.45, 7) is 0.331. The topological polar surface area (TPSA) is 179 Å². The number of aliphatic carboxylic acids is 1. The molecule has 3 fully saturated rings. The predicted molar refractivity (Wildman–Crippen MR) is 96.6 cm³/mol. The lowest BCUT2D eigenvalue weighted by atomic mass is 9.84. The van der Waals surface area contributed by atoms with Gasteiger partial charge in [0, 0.05) is 12.5 Å². The van der Waals surface area contributed by atoms with Crippen LogP contribution in [0.15, 0.2) is 0 Å². The van der Waals surface area contributed by atoms with E-state index in [4.69, 9.17) is 18.9 Å². The van der Waals surface area contributed by atoms with Gasteiger partial charge in [0.25, 0.3) is 10.2 Å². The van der Waals surface area contributed by atoms with E-state index in [-0.39, 0.29) is 38.4 Å². The summed E-state index contributed by atoms with van der Waals surface area (Å²) < 4.78 is 23.1. The SMILES string of the molecule is O=C(O)C(CC[C@H](CO[N+](=O)[O-])O[N+](=O)[O-])[C@H]1CO[C@@H]2[C@@H]1OC[C@@H]2OC1CCCCO1. The third kappa shape index (κ3) is 6.35. The zero-order chi connectivity index (χ0) is 22.4. The Bertz CT molecular complexity index is 643. The molecule has 3 saturated heterocycles. The maximum Gasteiger partial charge on any atom is 0.306 e. The van der Waals surface area contributed by atoms with Crippen LogP contribution in [0.2, 0.25) is 0 Å². The van der Waals surface area contributed by atoms with Gasteiger partial charge in [-0.1, -0.05) is 0 Å². The zero-order valence-corrected chi connectivity index (χ0v) is 16.7. The molecule has 0 radical (unpaired) electrons. The minimum absolute atomic E-state index is 0.0349. The Kier molecular flexibility index (Phi) is 8.17. The van der Waals surface area contributed by atoms with Crippen LogP contribution in [0.3, 0.4) is 0 Å². The van der Waals surface area contributed by atoms with Crippen molar-refractivity contribution in [2.45, 2.75) is 62.8 Å². The van der Waals surface area contributed by atoms with Crippen LogP contribution in [-0.2, 0) is 33.4 Å². The molecule has 3 aliphatic heterocycles. The van der Waals surface area contributed by atoms with Gasteiger partial charge in [0.2, 0.25) is 0 Å². The summed E-state index contributed by atoms with van der Waals surface area (Å²) in [4.78, 5) is 41.4. The van der Waals surface area contributed by atoms with Gasteiger partial charge in [0.05, 0.1) is 25.2 Å². The molecule has 2 unspecified atom stereocenters. The minimum atomic E-state index is -1.27. The fraction of sp³-hybridized carbons (Fsp3) is 0.941. The van der Waals surface area contributed by atoms with Crippen LogP contribution in [0.1, 0.15) is 32.1 Å². The second-order valence-electron chi connectivity index (χ2n) is 7.72. The van der Waals surface area contributed by atoms with Crippen LogP contribution in [-0.4, -0.2) is 78.4 Å². The van der Waals surface area contributed by atoms with Gasteiger partial charge in [-0.05, 0) is 32.1 Å². The molecule has 0 spiro atoms. The van der Waals surface area contributed by atoms with Crippen LogP contribution in [0.5, 0.6) is 0 Å². The lowest BCUT2D eigenvalue weighted by Gasteiger charge is -2.27. The Morgan fingerprint density at radius 2 is 1.84 bits per heavy atom. The fourth-order valence-electron chi connectivity index (χ4n) is 4.29. The van der Waals surface area contributed by atoms with Crippen molar-refractivity contribution in [3.63, 3.8) is 0 Å². The number of rotatable bonds is 12. The first-order chi connectivity index (χ1) is 14.8. The van der Waals surface area contributed by atoms with E-state index in [2.05, 4.69) is 9.68 Å². The Hall–Kier alpha value is -2.29. The molecule has 0 saturated carbocycles. The molecule has 3 rings (SSSR count). The summed E-state index contributed by atoms with van der Waals surface area (Å²) in [5.41, 5.74) is 0. The molecule has 14 heteroatoms. The van der Waals surface area contributed by atoms with Crippen molar-refractivity contribution in [2.24, 2.45) is 11.8 Å². The van der Waals surface area contributed by atoms with Gasteiger partial charge < -0.3 is 33.7 Å². The highest BCUT2D eigenvalue weighted by Crippen LogP contribution is 2.39. The van der Waals surface area contributed by atoms with Gasteiger partial charge in [0.1, 0.15) is 24.9 Å². The molecule has 0 amide bonds. The third-order valence-corrected chi connectivity index (χ3v) is 5.75. The van der Waals surface area contributed by atoms with Crippen LogP contribution in [0.25, 0.3) is 0 Å². The first-order valence-electron chi connectivity index (χ1n) is 10.2. The summed E-state index contributed by atoms with van der Waals surface area (Å²) in [6.07, 6.45) is -0.302. The van der Waals surface area contributed by atoms with Crippen molar-refractivity contribution in [3.05, 3.63) is 20.2 Å². The minimum Gasteiger partial charge on any atom is -0.481 e. The predicted octanol–water partition coefficient (Wildman–Crippen LogP) is 0.578. The maximum atomic E-state index is 11.9. The van der Waals surface area contributed by atoms with Gasteiger partial charge in [-0.15, -0.1) is 20.2 Å². The standard InChI is InChI=1S/C17H26N2O12/c20-17(21)11(5-4-10(31-19(24)25)7-29-18(22)23)12-8-27-16-13(9-28-15(12)16)30-14-3-1-2-6-26-14/h10-16H,1-9H2,(H,20,21)/t10-,11?,12-,13+,14?,15-,16+/m1/s1. The Morgan fingerprint density at radius 3 is 2.48 bits per heavy atom. The zero-order valence-electron chi connectivity index (χ0n) is 16.7. The van der Waals surface area contributed by atoms with Gasteiger partial charge in [-0.3, -0.25) is 4.79 Å². The smallest absolute Gasteiger partial charge is 0.306 e. The molecule has 7 atom stereocenters. The third-order valence-electron chi connectivity index (χ3n) is 5.75. The van der Waals surface area contributed by atoms with Crippen LogP contribution in [0, 0.1) is 32.1 Å². The van der Waals surface area contributed by atoms with Gasteiger partial charge in [-0.25, -0.2) is 0 Å². The van der Waals surface area contributed by atoms with Gasteiger partial charge >= 0.3 is 5.97 Å². The van der Waals surface area contributed by atoms with E-state index < -0.39 is 52.9 Å².